The summed E-state index contributed by atoms with van der Waals surface area (Å²) in [6, 6.07) is 7.92. The molecule has 0 aliphatic carbocycles. The Balaban J connectivity index is 2.35. The maximum Gasteiger partial charge on any atom is 0.256 e. The van der Waals surface area contributed by atoms with E-state index in [0.29, 0.717) is 11.4 Å². The third-order valence-electron chi connectivity index (χ3n) is 3.65. The van der Waals surface area contributed by atoms with Crippen molar-refractivity contribution in [3.63, 3.8) is 0 Å². The van der Waals surface area contributed by atoms with Gasteiger partial charge in [-0.05, 0) is 38.5 Å². The third-order valence-corrected chi connectivity index (χ3v) is 3.65. The Morgan fingerprint density at radius 2 is 2.09 bits per heavy atom. The zero-order chi connectivity index (χ0) is 16.8. The van der Waals surface area contributed by atoms with Gasteiger partial charge in [0.05, 0.1) is 17.2 Å². The van der Waals surface area contributed by atoms with Crippen LogP contribution in [0.25, 0.3) is 10.9 Å². The number of benzene rings is 1. The Bertz CT molecular complexity index is 682. The summed E-state index contributed by atoms with van der Waals surface area (Å²) in [6.07, 6.45) is 2.97. The minimum atomic E-state index is -0.399. The van der Waals surface area contributed by atoms with E-state index >= 15 is 0 Å². The van der Waals surface area contributed by atoms with Crippen LogP contribution in [0.5, 0.6) is 0 Å². The number of unbranched alkanes of at least 4 members (excludes halogenated alkanes) is 2. The summed E-state index contributed by atoms with van der Waals surface area (Å²) in [5, 5.41) is 6.99. The molecule has 124 valence electrons. The summed E-state index contributed by atoms with van der Waals surface area (Å²) >= 11 is 0. The molecule has 0 aliphatic heterocycles. The monoisotopic (exact) mass is 314 g/mol. The van der Waals surface area contributed by atoms with Gasteiger partial charge in [0.2, 0.25) is 0 Å². The molecule has 0 fully saturated rings. The number of aromatic nitrogens is 1. The maximum absolute atomic E-state index is 12.4. The van der Waals surface area contributed by atoms with E-state index in [1.54, 1.807) is 6.92 Å². The molecule has 0 saturated heterocycles. The molecule has 0 radical (unpaired) electrons. The number of hydrogen-bond acceptors (Lipinski definition) is 4. The van der Waals surface area contributed by atoms with E-state index in [-0.39, 0.29) is 5.91 Å². The molecule has 1 aromatic heterocycles. The topological polar surface area (TPSA) is 80.0 Å². The zero-order valence-electron chi connectivity index (χ0n) is 14.1. The lowest BCUT2D eigenvalue weighted by Gasteiger charge is -2.14. The fourth-order valence-corrected chi connectivity index (χ4v) is 2.47. The van der Waals surface area contributed by atoms with Crippen molar-refractivity contribution in [3.05, 3.63) is 35.4 Å². The first-order valence-corrected chi connectivity index (χ1v) is 8.23. The Morgan fingerprint density at radius 1 is 1.30 bits per heavy atom. The molecule has 5 heteroatoms. The summed E-state index contributed by atoms with van der Waals surface area (Å²) in [7, 11) is 0. The quantitative estimate of drug-likeness (QED) is 0.541. The van der Waals surface area contributed by atoms with Crippen LogP contribution in [0.3, 0.4) is 0 Å². The molecule has 1 unspecified atom stereocenters. The van der Waals surface area contributed by atoms with Gasteiger partial charge in [0.25, 0.3) is 5.91 Å². The van der Waals surface area contributed by atoms with Crippen LogP contribution in [0.1, 0.15) is 49.0 Å². The number of nitrogens with two attached hydrogens (primary N) is 1. The molecule has 1 aromatic carbocycles. The van der Waals surface area contributed by atoms with Crippen molar-refractivity contribution in [2.24, 2.45) is 5.73 Å². The van der Waals surface area contributed by atoms with E-state index in [1.165, 1.54) is 0 Å². The molecule has 0 saturated carbocycles. The molecule has 23 heavy (non-hydrogen) atoms. The van der Waals surface area contributed by atoms with E-state index in [1.807, 2.05) is 31.2 Å². The van der Waals surface area contributed by atoms with Crippen molar-refractivity contribution in [1.29, 1.82) is 0 Å². The molecule has 1 atom stereocenters. The second-order valence-corrected chi connectivity index (χ2v) is 5.98. The van der Waals surface area contributed by atoms with Gasteiger partial charge >= 0.3 is 0 Å². The van der Waals surface area contributed by atoms with Crippen molar-refractivity contribution in [2.75, 3.05) is 11.9 Å². The summed E-state index contributed by atoms with van der Waals surface area (Å²) < 4.78 is 0. The number of anilines is 1. The lowest BCUT2D eigenvalue weighted by Crippen LogP contribution is -2.39. The number of rotatable bonds is 7. The average molecular weight is 314 g/mol. The van der Waals surface area contributed by atoms with Gasteiger partial charge in [0, 0.05) is 11.9 Å². The molecule has 0 spiro atoms. The Kier molecular flexibility index (Phi) is 5.93. The van der Waals surface area contributed by atoms with Gasteiger partial charge in [0.15, 0.2) is 0 Å². The second kappa shape index (κ2) is 7.92. The Hall–Kier alpha value is -2.14. The van der Waals surface area contributed by atoms with Crippen LogP contribution < -0.4 is 16.4 Å². The smallest absolute Gasteiger partial charge is 0.256 e. The summed E-state index contributed by atoms with van der Waals surface area (Å²) in [6.45, 7) is 6.73. The first-order valence-electron chi connectivity index (χ1n) is 8.23. The first-order chi connectivity index (χ1) is 11.0. The molecular formula is C18H26N4O. The molecule has 5 nitrogen and oxygen atoms in total. The van der Waals surface area contributed by atoms with Crippen LogP contribution >= 0.6 is 0 Å². The standard InChI is InChI=1S/C18H26N4O/c1-4-5-6-9-20-17-15(18(23)21-13(3)19)11-14-10-12(2)7-8-16(14)22-17/h7-8,10-11,13H,4-6,9,19H2,1-3H3,(H,20,22)(H,21,23). The minimum absolute atomic E-state index is 0.200. The minimum Gasteiger partial charge on any atom is -0.369 e. The first kappa shape index (κ1) is 17.2. The highest BCUT2D eigenvalue weighted by Gasteiger charge is 2.15. The van der Waals surface area contributed by atoms with Crippen LogP contribution in [-0.2, 0) is 0 Å². The molecule has 4 N–H and O–H groups in total. The lowest BCUT2D eigenvalue weighted by molar-refractivity contribution is 0.0942. The largest absolute Gasteiger partial charge is 0.369 e. The number of fused-ring (bicyclic) bond motifs is 1. The van der Waals surface area contributed by atoms with Crippen molar-refractivity contribution in [3.8, 4) is 0 Å². The summed E-state index contributed by atoms with van der Waals surface area (Å²) in [4.78, 5) is 17.1. The van der Waals surface area contributed by atoms with Gasteiger partial charge in [-0.3, -0.25) is 4.79 Å². The van der Waals surface area contributed by atoms with E-state index in [4.69, 9.17) is 5.73 Å². The molecule has 2 rings (SSSR count). The summed E-state index contributed by atoms with van der Waals surface area (Å²) in [5.74, 6) is 0.421. The van der Waals surface area contributed by atoms with Crippen LogP contribution in [0, 0.1) is 6.92 Å². The molecule has 1 heterocycles. The maximum atomic E-state index is 12.4. The Labute approximate surface area is 137 Å². The fourth-order valence-electron chi connectivity index (χ4n) is 2.47. The Morgan fingerprint density at radius 3 is 2.78 bits per heavy atom. The van der Waals surface area contributed by atoms with Crippen LogP contribution in [0.15, 0.2) is 24.3 Å². The van der Waals surface area contributed by atoms with E-state index < -0.39 is 6.17 Å². The highest BCUT2D eigenvalue weighted by Crippen LogP contribution is 2.22. The molecule has 1 amide bonds. The number of hydrogen-bond donors (Lipinski definition) is 3. The number of nitrogens with zero attached hydrogens (tertiary/aromatic N) is 1. The predicted octanol–water partition coefficient (Wildman–Crippen LogP) is 3.18. The number of carbonyl (C=O) groups excluding carboxylic acids is 1. The second-order valence-electron chi connectivity index (χ2n) is 5.98. The van der Waals surface area contributed by atoms with Gasteiger partial charge in [-0.1, -0.05) is 31.4 Å². The van der Waals surface area contributed by atoms with E-state index in [2.05, 4.69) is 22.5 Å². The molecular weight excluding hydrogens is 288 g/mol. The van der Waals surface area contributed by atoms with E-state index in [9.17, 15) is 4.79 Å². The number of carbonyl (C=O) groups is 1. The van der Waals surface area contributed by atoms with Crippen LogP contribution in [0.4, 0.5) is 5.82 Å². The molecule has 0 aliphatic rings. The van der Waals surface area contributed by atoms with Crippen molar-refractivity contribution < 1.29 is 4.79 Å². The van der Waals surface area contributed by atoms with Crippen molar-refractivity contribution in [2.45, 2.75) is 46.2 Å². The number of amides is 1. The van der Waals surface area contributed by atoms with Crippen LogP contribution in [0.2, 0.25) is 0 Å². The number of pyridine rings is 1. The molecule has 0 bridgehead atoms. The lowest BCUT2D eigenvalue weighted by atomic mass is 10.1. The zero-order valence-corrected chi connectivity index (χ0v) is 14.1. The van der Waals surface area contributed by atoms with Gasteiger partial charge in [-0.2, -0.15) is 0 Å². The highest BCUT2D eigenvalue weighted by atomic mass is 16.1. The van der Waals surface area contributed by atoms with Gasteiger partial charge in [-0.25, -0.2) is 4.98 Å². The van der Waals surface area contributed by atoms with Crippen molar-refractivity contribution >= 4 is 22.6 Å². The normalized spacial score (nSPS) is 12.2. The van der Waals surface area contributed by atoms with Gasteiger partial charge in [-0.15, -0.1) is 0 Å². The van der Waals surface area contributed by atoms with Gasteiger partial charge in [0.1, 0.15) is 5.82 Å². The van der Waals surface area contributed by atoms with E-state index in [0.717, 1.165) is 42.3 Å². The predicted molar refractivity (Wildman–Crippen MR) is 95.6 cm³/mol. The average Bonchev–Trinajstić information content (AvgIpc) is 2.50. The summed E-state index contributed by atoms with van der Waals surface area (Å²) in [5.41, 5.74) is 8.24. The number of aryl methyl sites for hydroxylation is 1. The highest BCUT2D eigenvalue weighted by molar-refractivity contribution is 6.02. The fraction of sp³-hybridized carbons (Fsp3) is 0.444. The molecule has 2 aromatic rings. The number of nitrogens with one attached hydrogen (secondary N) is 2. The van der Waals surface area contributed by atoms with Gasteiger partial charge < -0.3 is 16.4 Å². The SMILES string of the molecule is CCCCCNc1nc2ccc(C)cc2cc1C(=O)NC(C)N. The van der Waals surface area contributed by atoms with Crippen molar-refractivity contribution in [1.82, 2.24) is 10.3 Å². The third kappa shape index (κ3) is 4.66. The van der Waals surface area contributed by atoms with Crippen LogP contribution in [-0.4, -0.2) is 23.6 Å².